The van der Waals surface area contributed by atoms with Gasteiger partial charge in [-0.3, -0.25) is 5.43 Å². The highest BCUT2D eigenvalue weighted by molar-refractivity contribution is 6.29. The molecule has 1 heterocycles. The van der Waals surface area contributed by atoms with E-state index in [1.165, 1.54) is 0 Å². The molecule has 0 amide bonds. The Hall–Kier alpha value is -2.92. The molecule has 0 saturated carbocycles. The van der Waals surface area contributed by atoms with Gasteiger partial charge in [-0.1, -0.05) is 41.9 Å². The van der Waals surface area contributed by atoms with Gasteiger partial charge in [0.2, 0.25) is 0 Å². The fourth-order valence-electron chi connectivity index (χ4n) is 1.83. The van der Waals surface area contributed by atoms with Gasteiger partial charge in [0.15, 0.2) is 11.0 Å². The lowest BCUT2D eigenvalue weighted by Crippen LogP contribution is -1.95. The molecule has 0 unspecified atom stereocenters. The minimum Gasteiger partial charge on any atom is -0.457 e. The van der Waals surface area contributed by atoms with Crippen molar-refractivity contribution in [1.29, 1.82) is 0 Å². The van der Waals surface area contributed by atoms with E-state index in [9.17, 15) is 0 Å². The smallest absolute Gasteiger partial charge is 0.168 e. The fourth-order valence-corrected chi connectivity index (χ4v) is 1.93. The van der Waals surface area contributed by atoms with Crippen LogP contribution in [0.3, 0.4) is 0 Å². The number of ether oxygens (including phenoxy) is 1. The van der Waals surface area contributed by atoms with Crippen LogP contribution < -0.4 is 10.2 Å². The van der Waals surface area contributed by atoms with E-state index in [1.54, 1.807) is 18.3 Å². The predicted molar refractivity (Wildman–Crippen MR) is 91.2 cm³/mol. The summed E-state index contributed by atoms with van der Waals surface area (Å²) in [6, 6.07) is 20.6. The van der Waals surface area contributed by atoms with Crippen LogP contribution in [-0.2, 0) is 0 Å². The molecule has 3 rings (SSSR count). The van der Waals surface area contributed by atoms with E-state index >= 15 is 0 Å². The molecule has 114 valence electrons. The van der Waals surface area contributed by atoms with E-state index in [-0.39, 0.29) is 0 Å². The molecule has 0 radical (unpaired) electrons. The summed E-state index contributed by atoms with van der Waals surface area (Å²) >= 11 is 5.67. The summed E-state index contributed by atoms with van der Waals surface area (Å²) in [6.07, 6.45) is 1.67. The summed E-state index contributed by atoms with van der Waals surface area (Å²) in [4.78, 5) is 0. The Bertz CT molecular complexity index is 791. The number of hydrogen-bond acceptors (Lipinski definition) is 5. The van der Waals surface area contributed by atoms with Crippen molar-refractivity contribution < 1.29 is 4.74 Å². The summed E-state index contributed by atoms with van der Waals surface area (Å²) in [5.74, 6) is 2.05. The minimum absolute atomic E-state index is 0.338. The van der Waals surface area contributed by atoms with Crippen LogP contribution in [0.1, 0.15) is 5.56 Å². The highest BCUT2D eigenvalue weighted by Crippen LogP contribution is 2.21. The van der Waals surface area contributed by atoms with Crippen molar-refractivity contribution in [3.63, 3.8) is 0 Å². The number of hydrogen-bond donors (Lipinski definition) is 1. The number of anilines is 1. The van der Waals surface area contributed by atoms with Gasteiger partial charge in [-0.05, 0) is 42.0 Å². The third-order valence-electron chi connectivity index (χ3n) is 2.86. The quantitative estimate of drug-likeness (QED) is 0.559. The Balaban J connectivity index is 1.65. The molecule has 0 aliphatic carbocycles. The van der Waals surface area contributed by atoms with E-state index in [2.05, 4.69) is 20.7 Å². The van der Waals surface area contributed by atoms with E-state index in [0.29, 0.717) is 11.0 Å². The van der Waals surface area contributed by atoms with Gasteiger partial charge in [0, 0.05) is 0 Å². The first-order chi connectivity index (χ1) is 11.3. The van der Waals surface area contributed by atoms with Gasteiger partial charge in [0.1, 0.15) is 11.5 Å². The lowest BCUT2D eigenvalue weighted by molar-refractivity contribution is 0.482. The topological polar surface area (TPSA) is 59.4 Å². The van der Waals surface area contributed by atoms with Crippen LogP contribution in [0.25, 0.3) is 0 Å². The van der Waals surface area contributed by atoms with Crippen molar-refractivity contribution >= 4 is 23.6 Å². The average Bonchev–Trinajstić information content (AvgIpc) is 2.58. The van der Waals surface area contributed by atoms with Gasteiger partial charge in [0.05, 0.1) is 6.21 Å². The van der Waals surface area contributed by atoms with Crippen molar-refractivity contribution in [2.24, 2.45) is 5.10 Å². The van der Waals surface area contributed by atoms with Crippen LogP contribution in [0.15, 0.2) is 71.8 Å². The second-order valence-corrected chi connectivity index (χ2v) is 4.99. The maximum atomic E-state index is 5.78. The van der Waals surface area contributed by atoms with Gasteiger partial charge < -0.3 is 4.74 Å². The summed E-state index contributed by atoms with van der Waals surface area (Å²) < 4.78 is 5.78. The Morgan fingerprint density at radius 2 is 1.74 bits per heavy atom. The Morgan fingerprint density at radius 1 is 0.913 bits per heavy atom. The molecular weight excluding hydrogens is 312 g/mol. The van der Waals surface area contributed by atoms with E-state index < -0.39 is 0 Å². The molecular formula is C17H13ClN4O. The average molecular weight is 325 g/mol. The molecule has 0 spiro atoms. The Morgan fingerprint density at radius 3 is 2.52 bits per heavy atom. The lowest BCUT2D eigenvalue weighted by Gasteiger charge is -2.05. The molecule has 1 N–H and O–H groups in total. The van der Waals surface area contributed by atoms with Crippen molar-refractivity contribution in [3.05, 3.63) is 77.4 Å². The number of benzene rings is 2. The number of para-hydroxylation sites is 1. The highest BCUT2D eigenvalue weighted by atomic mass is 35.5. The number of hydrazone groups is 1. The second-order valence-electron chi connectivity index (χ2n) is 4.60. The highest BCUT2D eigenvalue weighted by Gasteiger charge is 1.98. The molecule has 0 saturated heterocycles. The minimum atomic E-state index is 0.338. The van der Waals surface area contributed by atoms with Gasteiger partial charge in [0.25, 0.3) is 0 Å². The number of aromatic nitrogens is 2. The van der Waals surface area contributed by atoms with Crippen LogP contribution in [0, 0.1) is 0 Å². The molecule has 0 aliphatic heterocycles. The third-order valence-corrected chi connectivity index (χ3v) is 3.06. The summed E-state index contributed by atoms with van der Waals surface area (Å²) in [6.45, 7) is 0. The molecule has 0 bridgehead atoms. The van der Waals surface area contributed by atoms with Crippen molar-refractivity contribution in [1.82, 2.24) is 10.2 Å². The molecule has 0 atom stereocenters. The SMILES string of the molecule is Clc1ccc(N/N=C/c2cccc(Oc3ccccc3)c2)nn1. The number of nitrogens with one attached hydrogen (secondary N) is 1. The number of halogens is 1. The lowest BCUT2D eigenvalue weighted by atomic mass is 10.2. The van der Waals surface area contributed by atoms with E-state index in [4.69, 9.17) is 16.3 Å². The standard InChI is InChI=1S/C17H13ClN4O/c18-16-9-10-17(22-20-16)21-19-12-13-5-4-8-15(11-13)23-14-6-2-1-3-7-14/h1-12H,(H,21,22)/b19-12+. The fraction of sp³-hybridized carbons (Fsp3) is 0. The molecule has 2 aromatic carbocycles. The summed E-state index contributed by atoms with van der Waals surface area (Å²) in [7, 11) is 0. The van der Waals surface area contributed by atoms with Gasteiger partial charge >= 0.3 is 0 Å². The van der Waals surface area contributed by atoms with Gasteiger partial charge in [-0.2, -0.15) is 5.10 Å². The first-order valence-corrected chi connectivity index (χ1v) is 7.29. The van der Waals surface area contributed by atoms with Crippen LogP contribution >= 0.6 is 11.6 Å². The third kappa shape index (κ3) is 4.52. The van der Waals surface area contributed by atoms with Crippen LogP contribution in [0.5, 0.6) is 11.5 Å². The van der Waals surface area contributed by atoms with E-state index in [1.807, 2.05) is 54.6 Å². The summed E-state index contributed by atoms with van der Waals surface area (Å²) in [5, 5.41) is 12.0. The van der Waals surface area contributed by atoms with Crippen molar-refractivity contribution in [2.75, 3.05) is 5.43 Å². The summed E-state index contributed by atoms with van der Waals surface area (Å²) in [5.41, 5.74) is 3.68. The zero-order valence-electron chi connectivity index (χ0n) is 12.1. The molecule has 1 aromatic heterocycles. The molecule has 0 aliphatic rings. The zero-order chi connectivity index (χ0) is 15.9. The maximum Gasteiger partial charge on any atom is 0.168 e. The van der Waals surface area contributed by atoms with Crippen LogP contribution in [0.2, 0.25) is 5.15 Å². The molecule has 3 aromatic rings. The van der Waals surface area contributed by atoms with E-state index in [0.717, 1.165) is 17.1 Å². The molecule has 6 heteroatoms. The van der Waals surface area contributed by atoms with Gasteiger partial charge in [-0.15, -0.1) is 10.2 Å². The molecule has 0 fully saturated rings. The first-order valence-electron chi connectivity index (χ1n) is 6.91. The van der Waals surface area contributed by atoms with Gasteiger partial charge in [-0.25, -0.2) is 0 Å². The Labute approximate surface area is 138 Å². The molecule has 23 heavy (non-hydrogen) atoms. The number of rotatable bonds is 5. The predicted octanol–water partition coefficient (Wildman–Crippen LogP) is 4.37. The van der Waals surface area contributed by atoms with Crippen molar-refractivity contribution in [2.45, 2.75) is 0 Å². The number of nitrogens with zero attached hydrogens (tertiary/aromatic N) is 3. The monoisotopic (exact) mass is 324 g/mol. The Kier molecular flexibility index (Phi) is 4.81. The van der Waals surface area contributed by atoms with Crippen LogP contribution in [0.4, 0.5) is 5.82 Å². The maximum absolute atomic E-state index is 5.78. The molecule has 5 nitrogen and oxygen atoms in total. The van der Waals surface area contributed by atoms with Crippen molar-refractivity contribution in [3.8, 4) is 11.5 Å². The zero-order valence-corrected chi connectivity index (χ0v) is 12.8. The van der Waals surface area contributed by atoms with Crippen LogP contribution in [-0.4, -0.2) is 16.4 Å². The largest absolute Gasteiger partial charge is 0.457 e. The normalized spacial score (nSPS) is 10.7. The first kappa shape index (κ1) is 15.0. The second kappa shape index (κ2) is 7.38.